The number of hydrogen-bond acceptors (Lipinski definition) is 4. The number of rotatable bonds is 5. The average molecular weight is 265 g/mol. The van der Waals surface area contributed by atoms with Gasteiger partial charge in [-0.05, 0) is 19.3 Å². The van der Waals surface area contributed by atoms with E-state index in [1.54, 1.807) is 0 Å². The van der Waals surface area contributed by atoms with Gasteiger partial charge in [0.1, 0.15) is 11.6 Å². The molecule has 18 heavy (non-hydrogen) atoms. The van der Waals surface area contributed by atoms with Crippen LogP contribution in [0.2, 0.25) is 0 Å². The lowest BCUT2D eigenvalue weighted by Crippen LogP contribution is -2.06. The zero-order valence-corrected chi connectivity index (χ0v) is 12.2. The Kier molecular flexibility index (Phi) is 4.87. The van der Waals surface area contributed by atoms with Crippen LogP contribution >= 0.6 is 11.8 Å². The first kappa shape index (κ1) is 13.7. The van der Waals surface area contributed by atoms with Gasteiger partial charge in [-0.1, -0.05) is 26.7 Å². The van der Waals surface area contributed by atoms with Crippen LogP contribution in [0.5, 0.6) is 0 Å². The Bertz CT molecular complexity index is 389. The summed E-state index contributed by atoms with van der Waals surface area (Å²) in [5, 5.41) is 0.657. The van der Waals surface area contributed by atoms with Crippen molar-refractivity contribution in [1.29, 1.82) is 0 Å². The first-order valence-corrected chi connectivity index (χ1v) is 7.99. The van der Waals surface area contributed by atoms with E-state index in [4.69, 9.17) is 10.7 Å². The summed E-state index contributed by atoms with van der Waals surface area (Å²) in [5.41, 5.74) is 7.07. The summed E-state index contributed by atoms with van der Waals surface area (Å²) < 4.78 is 0. The normalized spacial score (nSPS) is 18.1. The molecule has 100 valence electrons. The fourth-order valence-electron chi connectivity index (χ4n) is 2.37. The number of hydrogen-bond donors (Lipinski definition) is 1. The maximum atomic E-state index is 5.91. The molecule has 1 fully saturated rings. The molecule has 1 unspecified atom stereocenters. The molecule has 3 nitrogen and oxygen atoms in total. The van der Waals surface area contributed by atoms with Gasteiger partial charge in [-0.15, -0.1) is 0 Å². The van der Waals surface area contributed by atoms with E-state index < -0.39 is 0 Å². The van der Waals surface area contributed by atoms with Crippen molar-refractivity contribution in [3.63, 3.8) is 0 Å². The van der Waals surface area contributed by atoms with Crippen molar-refractivity contribution in [1.82, 2.24) is 9.97 Å². The van der Waals surface area contributed by atoms with Gasteiger partial charge in [0.05, 0.1) is 5.75 Å². The Hall–Kier alpha value is -0.770. The number of thioether (sulfide) groups is 1. The average Bonchev–Trinajstić information content (AvgIpc) is 2.89. The highest BCUT2D eigenvalue weighted by atomic mass is 32.2. The highest BCUT2D eigenvalue weighted by Crippen LogP contribution is 2.33. The molecule has 0 bridgehead atoms. The van der Waals surface area contributed by atoms with Crippen molar-refractivity contribution >= 4 is 17.6 Å². The lowest BCUT2D eigenvalue weighted by molar-refractivity contribution is 0.689. The van der Waals surface area contributed by atoms with Crippen LogP contribution in [-0.4, -0.2) is 15.2 Å². The number of nitrogen functional groups attached to an aromatic ring is 1. The summed E-state index contributed by atoms with van der Waals surface area (Å²) in [4.78, 5) is 9.07. The SMILES string of the molecule is CCC(C)SCc1nc(N)cc(C2CCCC2)n1. The molecule has 0 saturated heterocycles. The van der Waals surface area contributed by atoms with Crippen LogP contribution in [0.25, 0.3) is 0 Å². The van der Waals surface area contributed by atoms with Crippen molar-refractivity contribution in [2.24, 2.45) is 0 Å². The molecule has 0 aromatic carbocycles. The smallest absolute Gasteiger partial charge is 0.140 e. The molecule has 1 atom stereocenters. The summed E-state index contributed by atoms with van der Waals surface area (Å²) in [7, 11) is 0. The molecular weight excluding hydrogens is 242 g/mol. The summed E-state index contributed by atoms with van der Waals surface area (Å²) in [6.07, 6.45) is 6.35. The van der Waals surface area contributed by atoms with Crippen molar-refractivity contribution in [3.8, 4) is 0 Å². The molecule has 0 aliphatic heterocycles. The Morgan fingerprint density at radius 1 is 1.39 bits per heavy atom. The van der Waals surface area contributed by atoms with E-state index in [0.717, 1.165) is 11.6 Å². The summed E-state index contributed by atoms with van der Waals surface area (Å²) in [6.45, 7) is 4.46. The lowest BCUT2D eigenvalue weighted by atomic mass is 10.0. The molecule has 1 saturated carbocycles. The van der Waals surface area contributed by atoms with Crippen molar-refractivity contribution < 1.29 is 0 Å². The summed E-state index contributed by atoms with van der Waals surface area (Å²) in [5.74, 6) is 3.02. The second-order valence-electron chi connectivity index (χ2n) is 5.15. The topological polar surface area (TPSA) is 51.8 Å². The van der Waals surface area contributed by atoms with Crippen LogP contribution in [0.4, 0.5) is 5.82 Å². The Balaban J connectivity index is 2.06. The molecule has 1 aromatic heterocycles. The summed E-state index contributed by atoms with van der Waals surface area (Å²) >= 11 is 1.91. The van der Waals surface area contributed by atoms with Gasteiger partial charge in [0, 0.05) is 22.9 Å². The first-order valence-electron chi connectivity index (χ1n) is 6.94. The molecule has 0 radical (unpaired) electrons. The van der Waals surface area contributed by atoms with E-state index in [1.807, 2.05) is 17.8 Å². The number of anilines is 1. The predicted octanol–water partition coefficient (Wildman–Crippen LogP) is 3.75. The molecule has 0 spiro atoms. The molecule has 2 rings (SSSR count). The minimum Gasteiger partial charge on any atom is -0.384 e. The molecule has 1 aromatic rings. The fourth-order valence-corrected chi connectivity index (χ4v) is 3.17. The molecule has 4 heteroatoms. The molecule has 1 heterocycles. The fraction of sp³-hybridized carbons (Fsp3) is 0.714. The van der Waals surface area contributed by atoms with Crippen molar-refractivity contribution in [3.05, 3.63) is 17.6 Å². The molecule has 2 N–H and O–H groups in total. The molecular formula is C14H23N3S. The molecule has 0 amide bonds. The number of nitrogens with two attached hydrogens (primary N) is 1. The second kappa shape index (κ2) is 6.41. The van der Waals surface area contributed by atoms with E-state index >= 15 is 0 Å². The highest BCUT2D eigenvalue weighted by Gasteiger charge is 2.19. The quantitative estimate of drug-likeness (QED) is 0.881. The molecule has 1 aliphatic carbocycles. The van der Waals surface area contributed by atoms with Gasteiger partial charge in [0.25, 0.3) is 0 Å². The maximum absolute atomic E-state index is 5.91. The van der Waals surface area contributed by atoms with Crippen LogP contribution < -0.4 is 5.73 Å². The second-order valence-corrected chi connectivity index (χ2v) is 6.57. The van der Waals surface area contributed by atoms with Gasteiger partial charge in [-0.2, -0.15) is 11.8 Å². The third kappa shape index (κ3) is 3.61. The largest absolute Gasteiger partial charge is 0.384 e. The first-order chi connectivity index (χ1) is 8.69. The summed E-state index contributed by atoms with van der Waals surface area (Å²) in [6, 6.07) is 1.97. The Morgan fingerprint density at radius 2 is 2.11 bits per heavy atom. The Labute approximate surface area is 114 Å². The zero-order chi connectivity index (χ0) is 13.0. The van der Waals surface area contributed by atoms with Crippen LogP contribution in [-0.2, 0) is 5.75 Å². The van der Waals surface area contributed by atoms with Crippen LogP contribution in [0.15, 0.2) is 6.07 Å². The van der Waals surface area contributed by atoms with Crippen LogP contribution in [0.1, 0.15) is 63.4 Å². The third-order valence-corrected chi connectivity index (χ3v) is 4.98. The van der Waals surface area contributed by atoms with E-state index in [2.05, 4.69) is 18.8 Å². The number of aromatic nitrogens is 2. The van der Waals surface area contributed by atoms with Gasteiger partial charge in [-0.3, -0.25) is 0 Å². The van der Waals surface area contributed by atoms with Gasteiger partial charge in [-0.25, -0.2) is 9.97 Å². The van der Waals surface area contributed by atoms with Crippen molar-refractivity contribution in [2.45, 2.75) is 62.9 Å². The van der Waals surface area contributed by atoms with Crippen LogP contribution in [0, 0.1) is 0 Å². The number of nitrogens with zero attached hydrogens (tertiary/aromatic N) is 2. The van der Waals surface area contributed by atoms with Gasteiger partial charge >= 0.3 is 0 Å². The van der Waals surface area contributed by atoms with Gasteiger partial charge < -0.3 is 5.73 Å². The third-order valence-electron chi connectivity index (χ3n) is 3.66. The minimum atomic E-state index is 0.614. The maximum Gasteiger partial charge on any atom is 0.140 e. The van der Waals surface area contributed by atoms with Crippen molar-refractivity contribution in [2.75, 3.05) is 5.73 Å². The van der Waals surface area contributed by atoms with E-state index in [9.17, 15) is 0 Å². The monoisotopic (exact) mass is 265 g/mol. The van der Waals surface area contributed by atoms with E-state index in [0.29, 0.717) is 17.0 Å². The lowest BCUT2D eigenvalue weighted by Gasteiger charge is -2.12. The van der Waals surface area contributed by atoms with Gasteiger partial charge in [0.15, 0.2) is 0 Å². The van der Waals surface area contributed by atoms with Crippen LogP contribution in [0.3, 0.4) is 0 Å². The molecule has 1 aliphatic rings. The zero-order valence-electron chi connectivity index (χ0n) is 11.4. The van der Waals surface area contributed by atoms with E-state index in [1.165, 1.54) is 37.8 Å². The standard InChI is InChI=1S/C14H23N3S/c1-3-10(2)18-9-14-16-12(8-13(15)17-14)11-6-4-5-7-11/h8,10-11H,3-7,9H2,1-2H3,(H2,15,16,17). The Morgan fingerprint density at radius 3 is 2.78 bits per heavy atom. The van der Waals surface area contributed by atoms with E-state index in [-0.39, 0.29) is 0 Å². The van der Waals surface area contributed by atoms with Gasteiger partial charge in [0.2, 0.25) is 0 Å². The predicted molar refractivity (Wildman–Crippen MR) is 78.7 cm³/mol. The minimum absolute atomic E-state index is 0.614. The highest BCUT2D eigenvalue weighted by molar-refractivity contribution is 7.99.